The molecule has 6 N–H and O–H groups in total. The van der Waals surface area contributed by atoms with E-state index in [9.17, 15) is 30.6 Å². The maximum Gasteiger partial charge on any atom is 0.231 e. The monoisotopic (exact) mass is 1640 g/mol. The van der Waals surface area contributed by atoms with Crippen LogP contribution in [0.15, 0.2) is 264 Å². The summed E-state index contributed by atoms with van der Waals surface area (Å²) in [6, 6.07) is 68.2. The number of hydrogen-bond acceptors (Lipinski definition) is 22. The highest BCUT2D eigenvalue weighted by Crippen LogP contribution is 2.49. The number of benzene rings is 9. The Morgan fingerprint density at radius 2 is 0.508 bits per heavy atom. The lowest BCUT2D eigenvalue weighted by Gasteiger charge is -2.11. The van der Waals surface area contributed by atoms with Crippen LogP contribution in [0.4, 0.5) is 0 Å². The van der Waals surface area contributed by atoms with Crippen LogP contribution >= 0.6 is 22.7 Å². The minimum absolute atomic E-state index is 0.0275. The lowest BCUT2D eigenvalue weighted by molar-refractivity contribution is 0.475. The van der Waals surface area contributed by atoms with E-state index in [1.54, 1.807) is 49.3 Å². The fourth-order valence-electron chi connectivity index (χ4n) is 15.6. The van der Waals surface area contributed by atoms with E-state index in [4.69, 9.17) is 38.7 Å². The molecule has 0 saturated heterocycles. The maximum absolute atomic E-state index is 11.4. The van der Waals surface area contributed by atoms with Gasteiger partial charge >= 0.3 is 0 Å². The number of phenolic OH excluding ortho intramolecular Hbond substituents is 6. The van der Waals surface area contributed by atoms with Crippen molar-refractivity contribution in [3.8, 4) is 169 Å². The maximum atomic E-state index is 11.4. The van der Waals surface area contributed by atoms with Crippen LogP contribution in [0.3, 0.4) is 0 Å². The minimum atomic E-state index is 0.0275. The Balaban J connectivity index is 0.000000121. The van der Waals surface area contributed by atoms with E-state index in [0.29, 0.717) is 156 Å². The fourth-order valence-corrected chi connectivity index (χ4v) is 17.6. The summed E-state index contributed by atoms with van der Waals surface area (Å²) in [6.07, 6.45) is 10.2. The van der Waals surface area contributed by atoms with Crippen LogP contribution in [0.2, 0.25) is 0 Å². The Bertz CT molecular complexity index is 6940. The van der Waals surface area contributed by atoms with Gasteiger partial charge in [-0.1, -0.05) is 36.4 Å². The molecule has 0 saturated carbocycles. The van der Waals surface area contributed by atoms with Crippen LogP contribution in [0.1, 0.15) is 33.4 Å². The van der Waals surface area contributed by atoms with Crippen molar-refractivity contribution in [1.29, 1.82) is 0 Å². The number of pyridine rings is 6. The molecule has 0 unspecified atom stereocenters. The van der Waals surface area contributed by atoms with Gasteiger partial charge in [0.15, 0.2) is 11.2 Å². The Labute approximate surface area is 704 Å². The Morgan fingerprint density at radius 3 is 0.787 bits per heavy atom. The largest absolute Gasteiger partial charge is 0.507 e. The van der Waals surface area contributed by atoms with Crippen molar-refractivity contribution < 1.29 is 39.5 Å². The number of rotatable bonds is 12. The number of aromatic hydroxyl groups is 6. The summed E-state index contributed by atoms with van der Waals surface area (Å²) in [6.45, 7) is 11.9. The number of aryl methyl sites for hydroxylation is 8. The number of aromatic nitrogens is 14. The fraction of sp³-hybridized carbons (Fsp3) is 0.0816. The summed E-state index contributed by atoms with van der Waals surface area (Å²) in [5.74, 6) is 2.38. The summed E-state index contributed by atoms with van der Waals surface area (Å²) in [5, 5.41) is 69.1. The van der Waals surface area contributed by atoms with Crippen LogP contribution in [0, 0.1) is 41.5 Å². The molecule has 12 aromatic heterocycles. The van der Waals surface area contributed by atoms with Gasteiger partial charge in [-0.3, -0.25) is 29.9 Å². The number of fused-ring (bicyclic) bond motifs is 9. The van der Waals surface area contributed by atoms with Crippen molar-refractivity contribution in [2.75, 3.05) is 0 Å². The van der Waals surface area contributed by atoms with E-state index in [-0.39, 0.29) is 46.3 Å². The summed E-state index contributed by atoms with van der Waals surface area (Å²) in [5.41, 5.74) is 23.9. The molecule has 21 rings (SSSR count). The molecule has 9 aromatic carbocycles. The zero-order valence-corrected chi connectivity index (χ0v) is 68.5. The first-order valence-electron chi connectivity index (χ1n) is 39.0. The third kappa shape index (κ3) is 13.9. The van der Waals surface area contributed by atoms with Crippen molar-refractivity contribution >= 4 is 87.4 Å². The Kier molecular flexibility index (Phi) is 19.4. The average Bonchev–Trinajstić information content (AvgIpc) is 1.56. The molecule has 24 heteroatoms. The molecule has 0 spiro atoms. The van der Waals surface area contributed by atoms with E-state index in [1.165, 1.54) is 22.7 Å². The lowest BCUT2D eigenvalue weighted by Crippen LogP contribution is -1.96. The quantitative estimate of drug-likeness (QED) is 0.0662. The molecule has 0 aliphatic heterocycles. The van der Waals surface area contributed by atoms with Crippen molar-refractivity contribution in [3.05, 3.63) is 289 Å². The predicted molar refractivity (Wildman–Crippen MR) is 480 cm³/mol. The normalized spacial score (nSPS) is 11.5. The smallest absolute Gasteiger partial charge is 0.231 e. The van der Waals surface area contributed by atoms with Crippen LogP contribution in [-0.2, 0) is 14.1 Å². The summed E-state index contributed by atoms with van der Waals surface area (Å²) in [7, 11) is 3.88. The molecule has 22 nitrogen and oxygen atoms in total. The van der Waals surface area contributed by atoms with Crippen LogP contribution in [0.25, 0.3) is 199 Å². The second kappa shape index (κ2) is 31.0. The van der Waals surface area contributed by atoms with Gasteiger partial charge in [-0.25, -0.2) is 29.9 Å². The molecule has 0 amide bonds. The summed E-state index contributed by atoms with van der Waals surface area (Å²) in [4.78, 5) is 56.0. The second-order valence-electron chi connectivity index (χ2n) is 29.9. The number of hydrogen-bond donors (Lipinski definition) is 6. The van der Waals surface area contributed by atoms with Gasteiger partial charge in [-0.05, 0) is 257 Å². The topological polar surface area (TPSA) is 312 Å². The number of oxazole rings is 2. The molecule has 594 valence electrons. The van der Waals surface area contributed by atoms with Crippen LogP contribution in [-0.4, -0.2) is 99.6 Å². The van der Waals surface area contributed by atoms with E-state index < -0.39 is 0 Å². The second-order valence-corrected chi connectivity index (χ2v) is 32.0. The number of nitrogens with zero attached hydrogens (tertiary/aromatic N) is 14. The molecule has 0 aliphatic rings. The van der Waals surface area contributed by atoms with Crippen molar-refractivity contribution in [3.63, 3.8) is 0 Å². The van der Waals surface area contributed by atoms with Gasteiger partial charge in [0, 0.05) is 84.7 Å². The Hall–Kier alpha value is -15.7. The molecule has 21 aromatic rings. The van der Waals surface area contributed by atoms with Gasteiger partial charge in [-0.2, -0.15) is 0 Å². The van der Waals surface area contributed by atoms with Crippen LogP contribution < -0.4 is 0 Å². The van der Waals surface area contributed by atoms with Crippen molar-refractivity contribution in [1.82, 2.24) is 68.9 Å². The third-order valence-electron chi connectivity index (χ3n) is 21.3. The van der Waals surface area contributed by atoms with Gasteiger partial charge in [0.05, 0.1) is 88.0 Å². The zero-order chi connectivity index (χ0) is 83.9. The molecule has 12 heterocycles. The van der Waals surface area contributed by atoms with Gasteiger partial charge in [0.25, 0.3) is 0 Å². The van der Waals surface area contributed by atoms with Crippen LogP contribution in [0.5, 0.6) is 34.5 Å². The molecule has 0 aliphatic carbocycles. The van der Waals surface area contributed by atoms with Crippen molar-refractivity contribution in [2.45, 2.75) is 41.5 Å². The molecule has 0 bridgehead atoms. The lowest BCUT2D eigenvalue weighted by atomic mass is 10.0. The highest BCUT2D eigenvalue weighted by Gasteiger charge is 2.28. The number of imidazole rings is 2. The Morgan fingerprint density at radius 1 is 0.254 bits per heavy atom. The molecular weight excluding hydrogens is 1570 g/mol. The van der Waals surface area contributed by atoms with E-state index in [1.807, 2.05) is 271 Å². The molecule has 0 atom stereocenters. The first kappa shape index (κ1) is 76.3. The highest BCUT2D eigenvalue weighted by molar-refractivity contribution is 7.23. The number of thiazole rings is 2. The zero-order valence-electron chi connectivity index (χ0n) is 66.8. The highest BCUT2D eigenvalue weighted by atomic mass is 32.1. The van der Waals surface area contributed by atoms with Gasteiger partial charge < -0.3 is 48.6 Å². The summed E-state index contributed by atoms with van der Waals surface area (Å²) >= 11 is 3.04. The van der Waals surface area contributed by atoms with E-state index >= 15 is 0 Å². The predicted octanol–water partition coefficient (Wildman–Crippen LogP) is 22.8. The molecular formula is C98H72N14O8S2. The third-order valence-corrected chi connectivity index (χ3v) is 23.4. The standard InChI is InChI=1S/C34H28N6O2.C32H22N4O4.C32H22N4O2S2/c1-19-15-21(25-9-5-7-13-35-25)31(41)23(17-19)33-37-29-27(39(33)3)11-12-28-30(29)38-34(40(28)4)24-18-20(2)16-22(32(24)42)26-10-6-8-14-36-26;2*1-17-13-19(23-7-3-5-11-33-23)29(37)21(15-17)31-35-27-25(39-31)9-10-26-28(27)36-32(40-26)22-16-18(2)14-20(30(22)38)24-8-4-6-12-34-24/h5-18,41-42H,1-4H3;2*3-16,37-38H,1-2H3. The first-order chi connectivity index (χ1) is 59.2. The molecule has 122 heavy (non-hydrogen) atoms. The van der Waals surface area contributed by atoms with Gasteiger partial charge in [0.1, 0.15) is 89.3 Å². The van der Waals surface area contributed by atoms with Crippen molar-refractivity contribution in [2.24, 2.45) is 14.1 Å². The van der Waals surface area contributed by atoms with E-state index in [2.05, 4.69) is 29.9 Å². The average molecular weight is 1640 g/mol. The van der Waals surface area contributed by atoms with Gasteiger partial charge in [0.2, 0.25) is 11.8 Å². The molecule has 0 fully saturated rings. The first-order valence-corrected chi connectivity index (χ1v) is 40.6. The molecule has 0 radical (unpaired) electrons. The SMILES string of the molecule is Cc1cc(-c2ccccn2)c(O)c(-c2nc3c(ccc4oc(-c5cc(C)cc(-c6ccccn6)c5O)nc43)o2)c1.Cc1cc(-c2ccccn2)c(O)c(-c2nc3c(ccc4sc(-c5cc(C)cc(-c6ccccn6)c5O)nc43)s2)c1.Cc1cc(-c2ccccn2)c(O)c(-c2nc3c4nc(-c5cc(C)cc(-c6ccccn6)c5O)n(C)c4ccc3n2C)c1. The number of phenols is 6. The minimum Gasteiger partial charge on any atom is -0.507 e. The van der Waals surface area contributed by atoms with E-state index in [0.717, 1.165) is 64.8 Å². The summed E-state index contributed by atoms with van der Waals surface area (Å²) < 4.78 is 18.1. The van der Waals surface area contributed by atoms with Gasteiger partial charge in [-0.15, -0.1) is 22.7 Å².